The molecule has 1 aliphatic heterocycles. The summed E-state index contributed by atoms with van der Waals surface area (Å²) in [5.74, 6) is -0.367. The molecule has 2 rings (SSSR count). The van der Waals surface area contributed by atoms with E-state index in [4.69, 9.17) is 9.52 Å². The Morgan fingerprint density at radius 1 is 1.56 bits per heavy atom. The van der Waals surface area contributed by atoms with Crippen molar-refractivity contribution < 1.29 is 19.4 Å². The minimum atomic E-state index is -1.06. The third-order valence-corrected chi connectivity index (χ3v) is 2.97. The van der Waals surface area contributed by atoms with E-state index >= 15 is 0 Å². The van der Waals surface area contributed by atoms with Gasteiger partial charge in [0.2, 0.25) is 5.76 Å². The highest BCUT2D eigenvalue weighted by molar-refractivity contribution is 5.84. The van der Waals surface area contributed by atoms with E-state index < -0.39 is 5.97 Å². The Kier molecular flexibility index (Phi) is 2.87. The number of carboxylic acid groups (broad SMARTS) is 1. The first-order valence-corrected chi connectivity index (χ1v) is 5.34. The van der Waals surface area contributed by atoms with Crippen LogP contribution >= 0.6 is 0 Å². The van der Waals surface area contributed by atoms with Crippen molar-refractivity contribution in [3.63, 3.8) is 0 Å². The summed E-state index contributed by atoms with van der Waals surface area (Å²) in [6, 6.07) is 3.11. The Bertz CT molecular complexity index is 387. The molecule has 5 nitrogen and oxygen atoms in total. The van der Waals surface area contributed by atoms with E-state index in [0.29, 0.717) is 25.4 Å². The number of aliphatic hydroxyl groups is 1. The summed E-state index contributed by atoms with van der Waals surface area (Å²) in [6.45, 7) is 3.35. The van der Waals surface area contributed by atoms with Crippen LogP contribution in [0.1, 0.15) is 23.9 Å². The minimum Gasteiger partial charge on any atom is -0.475 e. The lowest BCUT2D eigenvalue weighted by molar-refractivity contribution is 0.0661. The monoisotopic (exact) mass is 225 g/mol. The zero-order valence-corrected chi connectivity index (χ0v) is 9.09. The van der Waals surface area contributed by atoms with Gasteiger partial charge in [-0.05, 0) is 18.4 Å². The first-order chi connectivity index (χ1) is 7.58. The number of aromatic carboxylic acids is 1. The van der Waals surface area contributed by atoms with Gasteiger partial charge in [-0.25, -0.2) is 4.79 Å². The summed E-state index contributed by atoms with van der Waals surface area (Å²) in [6.07, 6.45) is 0.412. The second-order valence-corrected chi connectivity index (χ2v) is 4.22. The minimum absolute atomic E-state index is 0.0474. The summed E-state index contributed by atoms with van der Waals surface area (Å²) in [7, 11) is 0. The third kappa shape index (κ3) is 2.04. The van der Waals surface area contributed by atoms with Gasteiger partial charge in [-0.1, -0.05) is 6.92 Å². The molecule has 0 saturated carbocycles. The van der Waals surface area contributed by atoms with Crippen LogP contribution in [-0.2, 0) is 0 Å². The lowest BCUT2D eigenvalue weighted by atomic mass is 9.97. The molecule has 2 heterocycles. The second kappa shape index (κ2) is 4.17. The fourth-order valence-electron chi connectivity index (χ4n) is 1.95. The van der Waals surface area contributed by atoms with Crippen LogP contribution in [0.4, 0.5) is 5.88 Å². The van der Waals surface area contributed by atoms with Crippen LogP contribution in [0, 0.1) is 5.92 Å². The number of piperidine rings is 1. The van der Waals surface area contributed by atoms with E-state index in [-0.39, 0.29) is 17.8 Å². The first-order valence-electron chi connectivity index (χ1n) is 5.34. The predicted molar refractivity (Wildman–Crippen MR) is 57.7 cm³/mol. The molecule has 0 bridgehead atoms. The zero-order valence-electron chi connectivity index (χ0n) is 9.09. The van der Waals surface area contributed by atoms with Crippen LogP contribution in [0.2, 0.25) is 0 Å². The maximum Gasteiger partial charge on any atom is 0.371 e. The third-order valence-electron chi connectivity index (χ3n) is 2.97. The number of nitrogens with zero attached hydrogens (tertiary/aromatic N) is 1. The van der Waals surface area contributed by atoms with Crippen LogP contribution in [0.3, 0.4) is 0 Å². The topological polar surface area (TPSA) is 73.9 Å². The molecule has 0 spiro atoms. The molecule has 88 valence electrons. The Labute approximate surface area is 93.3 Å². The Morgan fingerprint density at radius 2 is 2.31 bits per heavy atom. The first kappa shape index (κ1) is 11.0. The highest BCUT2D eigenvalue weighted by Crippen LogP contribution is 2.25. The van der Waals surface area contributed by atoms with Gasteiger partial charge in [0, 0.05) is 19.2 Å². The Balaban J connectivity index is 2.09. The molecule has 0 aromatic carbocycles. The maximum atomic E-state index is 10.7. The number of anilines is 1. The van der Waals surface area contributed by atoms with Crippen LogP contribution in [0.25, 0.3) is 0 Å². The van der Waals surface area contributed by atoms with Gasteiger partial charge in [0.05, 0.1) is 6.10 Å². The van der Waals surface area contributed by atoms with Crippen molar-refractivity contribution in [2.45, 2.75) is 19.4 Å². The molecule has 2 atom stereocenters. The maximum absolute atomic E-state index is 10.7. The number of hydrogen-bond donors (Lipinski definition) is 2. The molecule has 0 aliphatic carbocycles. The summed E-state index contributed by atoms with van der Waals surface area (Å²) >= 11 is 0. The Hall–Kier alpha value is -1.49. The summed E-state index contributed by atoms with van der Waals surface area (Å²) in [4.78, 5) is 12.6. The summed E-state index contributed by atoms with van der Waals surface area (Å²) < 4.78 is 5.21. The number of hydrogen-bond acceptors (Lipinski definition) is 4. The zero-order chi connectivity index (χ0) is 11.7. The molecule has 2 N–H and O–H groups in total. The van der Waals surface area contributed by atoms with Crippen LogP contribution in [-0.4, -0.2) is 35.4 Å². The molecular weight excluding hydrogens is 210 g/mol. The molecule has 0 radical (unpaired) electrons. The fourth-order valence-corrected chi connectivity index (χ4v) is 1.95. The van der Waals surface area contributed by atoms with Crippen molar-refractivity contribution in [2.75, 3.05) is 18.0 Å². The Morgan fingerprint density at radius 3 is 2.88 bits per heavy atom. The molecule has 1 fully saturated rings. The van der Waals surface area contributed by atoms with Gasteiger partial charge in [0.15, 0.2) is 5.88 Å². The lowest BCUT2D eigenvalue weighted by Gasteiger charge is -2.34. The van der Waals surface area contributed by atoms with E-state index in [1.54, 1.807) is 6.07 Å². The van der Waals surface area contributed by atoms with Gasteiger partial charge < -0.3 is 19.5 Å². The van der Waals surface area contributed by atoms with Crippen LogP contribution in [0.15, 0.2) is 16.5 Å². The van der Waals surface area contributed by atoms with E-state index in [2.05, 4.69) is 0 Å². The molecule has 1 saturated heterocycles. The van der Waals surface area contributed by atoms with Crippen LogP contribution in [0.5, 0.6) is 0 Å². The molecule has 1 aromatic heterocycles. The predicted octanol–water partition coefficient (Wildman–Crippen LogP) is 1.18. The molecule has 0 amide bonds. The average Bonchev–Trinajstić information content (AvgIpc) is 2.71. The molecule has 1 aliphatic rings. The largest absolute Gasteiger partial charge is 0.475 e. The van der Waals surface area contributed by atoms with Crippen molar-refractivity contribution in [1.29, 1.82) is 0 Å². The molecule has 2 unspecified atom stereocenters. The standard InChI is InChI=1S/C11H15NO4/c1-7-6-12(5-4-8(7)13)10-3-2-9(16-10)11(14)15/h2-3,7-8,13H,4-6H2,1H3,(H,14,15). The quantitative estimate of drug-likeness (QED) is 0.790. The lowest BCUT2D eigenvalue weighted by Crippen LogP contribution is -2.41. The SMILES string of the molecule is CC1CN(c2ccc(C(=O)O)o2)CCC1O. The van der Waals surface area contributed by atoms with Crippen LogP contribution < -0.4 is 4.90 Å². The molecule has 16 heavy (non-hydrogen) atoms. The number of rotatable bonds is 2. The smallest absolute Gasteiger partial charge is 0.371 e. The van der Waals surface area contributed by atoms with Crippen molar-refractivity contribution in [1.82, 2.24) is 0 Å². The second-order valence-electron chi connectivity index (χ2n) is 4.22. The number of carboxylic acids is 1. The van der Waals surface area contributed by atoms with E-state index in [1.807, 2.05) is 11.8 Å². The van der Waals surface area contributed by atoms with Gasteiger partial charge in [-0.2, -0.15) is 0 Å². The van der Waals surface area contributed by atoms with Crippen molar-refractivity contribution >= 4 is 11.9 Å². The number of carbonyl (C=O) groups is 1. The van der Waals surface area contributed by atoms with E-state index in [1.165, 1.54) is 6.07 Å². The van der Waals surface area contributed by atoms with Crippen molar-refractivity contribution in [2.24, 2.45) is 5.92 Å². The van der Waals surface area contributed by atoms with Gasteiger partial charge in [-0.15, -0.1) is 0 Å². The molecule has 5 heteroatoms. The molecular formula is C11H15NO4. The van der Waals surface area contributed by atoms with Gasteiger partial charge in [0.25, 0.3) is 0 Å². The van der Waals surface area contributed by atoms with Crippen molar-refractivity contribution in [3.8, 4) is 0 Å². The molecule has 1 aromatic rings. The average molecular weight is 225 g/mol. The highest BCUT2D eigenvalue weighted by atomic mass is 16.4. The number of furan rings is 1. The summed E-state index contributed by atoms with van der Waals surface area (Å²) in [5.41, 5.74) is 0. The fraction of sp³-hybridized carbons (Fsp3) is 0.545. The van der Waals surface area contributed by atoms with Crippen molar-refractivity contribution in [3.05, 3.63) is 17.9 Å². The summed E-state index contributed by atoms with van der Waals surface area (Å²) in [5, 5.41) is 18.3. The normalized spacial score (nSPS) is 25.8. The number of aliphatic hydroxyl groups excluding tert-OH is 1. The van der Waals surface area contributed by atoms with Gasteiger partial charge >= 0.3 is 5.97 Å². The van der Waals surface area contributed by atoms with Gasteiger partial charge in [-0.3, -0.25) is 0 Å². The van der Waals surface area contributed by atoms with E-state index in [0.717, 1.165) is 0 Å². The highest BCUT2D eigenvalue weighted by Gasteiger charge is 2.26. The van der Waals surface area contributed by atoms with E-state index in [9.17, 15) is 9.90 Å². The van der Waals surface area contributed by atoms with Gasteiger partial charge in [0.1, 0.15) is 0 Å².